The third kappa shape index (κ3) is 5.42. The van der Waals surface area contributed by atoms with Crippen molar-refractivity contribution >= 4 is 27.9 Å². The van der Waals surface area contributed by atoms with E-state index < -0.39 is 22.0 Å². The van der Waals surface area contributed by atoms with Gasteiger partial charge in [0.05, 0.1) is 4.90 Å². The van der Waals surface area contributed by atoms with Crippen LogP contribution in [0.5, 0.6) is 0 Å². The molecule has 0 aliphatic carbocycles. The molecule has 0 spiro atoms. The van der Waals surface area contributed by atoms with Crippen molar-refractivity contribution in [3.05, 3.63) is 65.7 Å². The zero-order chi connectivity index (χ0) is 19.2. The van der Waals surface area contributed by atoms with Crippen molar-refractivity contribution in [3.8, 4) is 0 Å². The van der Waals surface area contributed by atoms with Crippen molar-refractivity contribution in [1.82, 2.24) is 15.4 Å². The van der Waals surface area contributed by atoms with Crippen molar-refractivity contribution in [3.63, 3.8) is 0 Å². The number of hydrogen-bond acceptors (Lipinski definition) is 5. The number of sulfonamides is 1. The van der Waals surface area contributed by atoms with Gasteiger partial charge < -0.3 is 5.32 Å². The van der Waals surface area contributed by atoms with E-state index in [0.29, 0.717) is 11.1 Å². The zero-order valence-corrected chi connectivity index (χ0v) is 14.7. The van der Waals surface area contributed by atoms with Gasteiger partial charge in [-0.05, 0) is 29.8 Å². The highest BCUT2D eigenvalue weighted by molar-refractivity contribution is 7.90. The second-order valence-corrected chi connectivity index (χ2v) is 6.99. The lowest BCUT2D eigenvalue weighted by molar-refractivity contribution is -0.117. The Morgan fingerprint density at radius 1 is 0.923 bits per heavy atom. The molecule has 8 nitrogen and oxygen atoms in total. The largest absolute Gasteiger partial charge is 0.348 e. The molecule has 0 aliphatic heterocycles. The van der Waals surface area contributed by atoms with Gasteiger partial charge in [0, 0.05) is 19.0 Å². The highest BCUT2D eigenvalue weighted by atomic mass is 32.2. The van der Waals surface area contributed by atoms with Gasteiger partial charge in [0.2, 0.25) is 5.91 Å². The van der Waals surface area contributed by atoms with E-state index in [0.717, 1.165) is 6.92 Å². The quantitative estimate of drug-likeness (QED) is 0.724. The Hall–Kier alpha value is -3.20. The molecule has 136 valence electrons. The standard InChI is InChI=1S/C17H17N3O5S/c1-12(21)19-17(23)20-26(24,25)15-9-7-13(8-10-15)11-18-16(22)14-5-3-2-4-6-14/h2-10H,11H2,1H3,(H,18,22)(H2,19,20,21,23). The fraction of sp³-hybridized carbons (Fsp3) is 0.118. The predicted molar refractivity (Wildman–Crippen MR) is 93.6 cm³/mol. The van der Waals surface area contributed by atoms with Crippen LogP contribution in [0.1, 0.15) is 22.8 Å². The van der Waals surface area contributed by atoms with Gasteiger partial charge in [-0.3, -0.25) is 14.9 Å². The van der Waals surface area contributed by atoms with Gasteiger partial charge in [0.15, 0.2) is 0 Å². The molecule has 0 saturated heterocycles. The Balaban J connectivity index is 1.98. The zero-order valence-electron chi connectivity index (χ0n) is 13.9. The first-order valence-corrected chi connectivity index (χ1v) is 9.03. The van der Waals surface area contributed by atoms with Gasteiger partial charge in [-0.1, -0.05) is 30.3 Å². The van der Waals surface area contributed by atoms with Gasteiger partial charge >= 0.3 is 6.03 Å². The number of nitrogens with one attached hydrogen (secondary N) is 3. The van der Waals surface area contributed by atoms with Crippen molar-refractivity contribution < 1.29 is 22.8 Å². The average molecular weight is 375 g/mol. The Morgan fingerprint density at radius 3 is 2.12 bits per heavy atom. The normalized spacial score (nSPS) is 10.7. The van der Waals surface area contributed by atoms with Crippen LogP contribution in [0.25, 0.3) is 0 Å². The molecule has 26 heavy (non-hydrogen) atoms. The third-order valence-electron chi connectivity index (χ3n) is 3.24. The van der Waals surface area contributed by atoms with Crippen LogP contribution in [0.4, 0.5) is 4.79 Å². The molecular weight excluding hydrogens is 358 g/mol. The predicted octanol–water partition coefficient (Wildman–Crippen LogP) is 1.15. The molecule has 2 aromatic carbocycles. The van der Waals surface area contributed by atoms with Crippen molar-refractivity contribution in [2.24, 2.45) is 0 Å². The van der Waals surface area contributed by atoms with Gasteiger partial charge in [-0.2, -0.15) is 0 Å². The Bertz CT molecular complexity index is 909. The maximum absolute atomic E-state index is 12.0. The van der Waals surface area contributed by atoms with E-state index in [-0.39, 0.29) is 17.3 Å². The second-order valence-electron chi connectivity index (χ2n) is 5.31. The van der Waals surface area contributed by atoms with E-state index in [4.69, 9.17) is 0 Å². The molecule has 9 heteroatoms. The Kier molecular flexibility index (Phi) is 6.07. The van der Waals surface area contributed by atoms with E-state index >= 15 is 0 Å². The topological polar surface area (TPSA) is 121 Å². The highest BCUT2D eigenvalue weighted by Crippen LogP contribution is 2.10. The summed E-state index contributed by atoms with van der Waals surface area (Å²) in [6, 6.07) is 13.2. The minimum absolute atomic E-state index is 0.144. The summed E-state index contributed by atoms with van der Waals surface area (Å²) in [6.07, 6.45) is 0. The summed E-state index contributed by atoms with van der Waals surface area (Å²) < 4.78 is 25.8. The number of carbonyl (C=O) groups excluding carboxylic acids is 3. The lowest BCUT2D eigenvalue weighted by atomic mass is 10.2. The summed E-state index contributed by atoms with van der Waals surface area (Å²) in [4.78, 5) is 33.9. The van der Waals surface area contributed by atoms with Crippen LogP contribution in [0.2, 0.25) is 0 Å². The SMILES string of the molecule is CC(=O)NC(=O)NS(=O)(=O)c1ccc(CNC(=O)c2ccccc2)cc1. The van der Waals surface area contributed by atoms with Crippen LogP contribution in [-0.2, 0) is 21.4 Å². The van der Waals surface area contributed by atoms with Gasteiger partial charge in [-0.15, -0.1) is 0 Å². The molecule has 0 unspecified atom stereocenters. The monoisotopic (exact) mass is 375 g/mol. The number of rotatable bonds is 5. The van der Waals surface area contributed by atoms with Crippen LogP contribution in [-0.4, -0.2) is 26.3 Å². The molecule has 0 fully saturated rings. The molecule has 0 saturated carbocycles. The van der Waals surface area contributed by atoms with Crippen LogP contribution in [0, 0.1) is 0 Å². The van der Waals surface area contributed by atoms with Crippen LogP contribution >= 0.6 is 0 Å². The lowest BCUT2D eigenvalue weighted by Crippen LogP contribution is -2.41. The number of benzene rings is 2. The summed E-state index contributed by atoms with van der Waals surface area (Å²) in [5, 5.41) is 4.53. The summed E-state index contributed by atoms with van der Waals surface area (Å²) in [7, 11) is -4.10. The molecule has 0 radical (unpaired) electrons. The fourth-order valence-electron chi connectivity index (χ4n) is 2.03. The van der Waals surface area contributed by atoms with Crippen molar-refractivity contribution in [1.29, 1.82) is 0 Å². The second kappa shape index (κ2) is 8.26. The first-order chi connectivity index (χ1) is 12.3. The molecule has 4 amide bonds. The highest BCUT2D eigenvalue weighted by Gasteiger charge is 2.18. The summed E-state index contributed by atoms with van der Waals surface area (Å²) in [5.74, 6) is -0.924. The Morgan fingerprint density at radius 2 is 1.54 bits per heavy atom. The molecule has 0 atom stereocenters. The number of amides is 4. The van der Waals surface area contributed by atoms with Crippen LogP contribution in [0.3, 0.4) is 0 Å². The smallest absolute Gasteiger partial charge is 0.335 e. The molecule has 3 N–H and O–H groups in total. The van der Waals surface area contributed by atoms with E-state index in [1.54, 1.807) is 35.1 Å². The number of carbonyl (C=O) groups is 3. The van der Waals surface area contributed by atoms with E-state index in [1.807, 2.05) is 5.32 Å². The summed E-state index contributed by atoms with van der Waals surface area (Å²) >= 11 is 0. The fourth-order valence-corrected chi connectivity index (χ4v) is 2.93. The van der Waals surface area contributed by atoms with E-state index in [9.17, 15) is 22.8 Å². The van der Waals surface area contributed by atoms with E-state index in [1.165, 1.54) is 24.3 Å². The van der Waals surface area contributed by atoms with Gasteiger partial charge in [0.25, 0.3) is 15.9 Å². The van der Waals surface area contributed by atoms with Crippen molar-refractivity contribution in [2.75, 3.05) is 0 Å². The Labute approximate surface area is 150 Å². The molecular formula is C17H17N3O5S. The molecule has 2 rings (SSSR count). The van der Waals surface area contributed by atoms with Crippen LogP contribution < -0.4 is 15.4 Å². The molecule has 0 bridgehead atoms. The first-order valence-electron chi connectivity index (χ1n) is 7.54. The summed E-state index contributed by atoms with van der Waals surface area (Å²) in [5.41, 5.74) is 1.20. The summed E-state index contributed by atoms with van der Waals surface area (Å²) in [6.45, 7) is 1.30. The third-order valence-corrected chi connectivity index (χ3v) is 4.59. The van der Waals surface area contributed by atoms with Gasteiger partial charge in [0.1, 0.15) is 0 Å². The van der Waals surface area contributed by atoms with Crippen LogP contribution in [0.15, 0.2) is 59.5 Å². The molecule has 0 aromatic heterocycles. The molecule has 0 heterocycles. The van der Waals surface area contributed by atoms with Crippen molar-refractivity contribution in [2.45, 2.75) is 18.4 Å². The minimum Gasteiger partial charge on any atom is -0.348 e. The average Bonchev–Trinajstić information content (AvgIpc) is 2.59. The van der Waals surface area contributed by atoms with Gasteiger partial charge in [-0.25, -0.2) is 17.9 Å². The van der Waals surface area contributed by atoms with E-state index in [2.05, 4.69) is 5.32 Å². The number of imide groups is 1. The maximum Gasteiger partial charge on any atom is 0.335 e. The maximum atomic E-state index is 12.0. The molecule has 2 aromatic rings. The number of hydrogen-bond donors (Lipinski definition) is 3. The molecule has 0 aliphatic rings. The first kappa shape index (κ1) is 19.1. The number of urea groups is 1. The minimum atomic E-state index is -4.10. The lowest BCUT2D eigenvalue weighted by Gasteiger charge is -2.08.